The van der Waals surface area contributed by atoms with E-state index in [0.29, 0.717) is 17.0 Å². The fourth-order valence-corrected chi connectivity index (χ4v) is 6.04. The van der Waals surface area contributed by atoms with Gasteiger partial charge < -0.3 is 20.1 Å². The number of carbonyl (C=O) groups is 2. The SMILES string of the molecule is C[C@@H]1CN([C@@H](C)CO)C(=O)Cc2cc(NC(=O)Cc3ccccc3)ccc2O[C@@H]1CN(C)S(=O)(=O)c1ccccc1. The molecule has 1 aliphatic heterocycles. The van der Waals surface area contributed by atoms with Crippen LogP contribution in [0.5, 0.6) is 5.75 Å². The second kappa shape index (κ2) is 13.3. The van der Waals surface area contributed by atoms with Crippen molar-refractivity contribution < 1.29 is 27.9 Å². The number of ether oxygens (including phenoxy) is 1. The minimum Gasteiger partial charge on any atom is -0.488 e. The first-order valence-corrected chi connectivity index (χ1v) is 15.1. The Balaban J connectivity index is 1.62. The smallest absolute Gasteiger partial charge is 0.242 e. The van der Waals surface area contributed by atoms with Crippen molar-refractivity contribution in [2.45, 2.75) is 43.7 Å². The summed E-state index contributed by atoms with van der Waals surface area (Å²) in [6, 6.07) is 22.3. The fraction of sp³-hybridized carbons (Fsp3) is 0.355. The van der Waals surface area contributed by atoms with Crippen molar-refractivity contribution in [3.05, 3.63) is 90.0 Å². The van der Waals surface area contributed by atoms with E-state index in [1.165, 1.54) is 11.4 Å². The Morgan fingerprint density at radius 2 is 1.76 bits per heavy atom. The standard InChI is InChI=1S/C31H37N3O6S/c1-22-19-34(23(2)21-35)31(37)18-25-17-26(32-30(36)16-24-10-6-4-7-11-24)14-15-28(25)40-29(22)20-33(3)41(38,39)27-12-8-5-9-13-27/h4-15,17,22-23,29,35H,16,18-21H2,1-3H3,(H,32,36)/t22-,23+,29-/m1/s1. The molecule has 0 fully saturated rings. The monoisotopic (exact) mass is 579 g/mol. The van der Waals surface area contributed by atoms with Crippen LogP contribution in [0.15, 0.2) is 83.8 Å². The van der Waals surface area contributed by atoms with E-state index in [1.54, 1.807) is 60.4 Å². The number of aliphatic hydroxyl groups excluding tert-OH is 1. The van der Waals surface area contributed by atoms with E-state index in [9.17, 15) is 23.1 Å². The first-order valence-electron chi connectivity index (χ1n) is 13.6. The number of nitrogens with zero attached hydrogens (tertiary/aromatic N) is 2. The average Bonchev–Trinajstić information content (AvgIpc) is 3.01. The molecule has 3 aromatic carbocycles. The summed E-state index contributed by atoms with van der Waals surface area (Å²) in [6.07, 6.45) is -0.397. The number of sulfonamides is 1. The third-order valence-electron chi connectivity index (χ3n) is 7.30. The number of aliphatic hydroxyl groups is 1. The molecule has 218 valence electrons. The molecule has 0 aromatic heterocycles. The zero-order chi connectivity index (χ0) is 29.6. The second-order valence-corrected chi connectivity index (χ2v) is 12.6. The molecule has 3 atom stereocenters. The summed E-state index contributed by atoms with van der Waals surface area (Å²) in [4.78, 5) is 27.9. The number of benzene rings is 3. The summed E-state index contributed by atoms with van der Waals surface area (Å²) < 4.78 is 34.2. The van der Waals surface area contributed by atoms with Gasteiger partial charge in [0.1, 0.15) is 11.9 Å². The van der Waals surface area contributed by atoms with Crippen molar-refractivity contribution in [2.24, 2.45) is 5.92 Å². The van der Waals surface area contributed by atoms with Crippen molar-refractivity contribution in [3.63, 3.8) is 0 Å². The van der Waals surface area contributed by atoms with Crippen LogP contribution >= 0.6 is 0 Å². The van der Waals surface area contributed by atoms with Gasteiger partial charge in [0.15, 0.2) is 0 Å². The summed E-state index contributed by atoms with van der Waals surface area (Å²) in [5.74, 6) is -0.207. The van der Waals surface area contributed by atoms with Gasteiger partial charge in [-0.2, -0.15) is 4.31 Å². The summed E-state index contributed by atoms with van der Waals surface area (Å²) in [5.41, 5.74) is 1.97. The van der Waals surface area contributed by atoms with E-state index in [4.69, 9.17) is 4.74 Å². The predicted octanol–water partition coefficient (Wildman–Crippen LogP) is 3.34. The van der Waals surface area contributed by atoms with Gasteiger partial charge in [-0.3, -0.25) is 9.59 Å². The largest absolute Gasteiger partial charge is 0.488 e. The summed E-state index contributed by atoms with van der Waals surface area (Å²) in [6.45, 7) is 3.78. The molecule has 3 aromatic rings. The number of nitrogens with one attached hydrogen (secondary N) is 1. The lowest BCUT2D eigenvalue weighted by atomic mass is 10.0. The van der Waals surface area contributed by atoms with Crippen LogP contribution < -0.4 is 10.1 Å². The lowest BCUT2D eigenvalue weighted by Gasteiger charge is -2.33. The van der Waals surface area contributed by atoms with Crippen molar-refractivity contribution in [2.75, 3.05) is 32.1 Å². The third kappa shape index (κ3) is 7.52. The van der Waals surface area contributed by atoms with Gasteiger partial charge in [0.25, 0.3) is 0 Å². The van der Waals surface area contributed by atoms with Crippen molar-refractivity contribution in [3.8, 4) is 5.75 Å². The molecule has 0 spiro atoms. The van der Waals surface area contributed by atoms with E-state index in [-0.39, 0.29) is 55.2 Å². The molecule has 1 aliphatic rings. The summed E-state index contributed by atoms with van der Waals surface area (Å²) in [5, 5.41) is 12.8. The lowest BCUT2D eigenvalue weighted by molar-refractivity contribution is -0.134. The molecular weight excluding hydrogens is 542 g/mol. The Morgan fingerprint density at radius 3 is 2.41 bits per heavy atom. The van der Waals surface area contributed by atoms with Gasteiger partial charge in [0.2, 0.25) is 21.8 Å². The molecule has 4 rings (SSSR count). The Hall–Kier alpha value is -3.73. The number of carbonyl (C=O) groups excluding carboxylic acids is 2. The number of amides is 2. The number of hydrogen-bond donors (Lipinski definition) is 2. The van der Waals surface area contributed by atoms with Gasteiger partial charge in [-0.05, 0) is 42.8 Å². The maximum Gasteiger partial charge on any atom is 0.242 e. The summed E-state index contributed by atoms with van der Waals surface area (Å²) >= 11 is 0. The second-order valence-electron chi connectivity index (χ2n) is 10.5. The van der Waals surface area contributed by atoms with Gasteiger partial charge in [-0.25, -0.2) is 8.42 Å². The fourth-order valence-electron chi connectivity index (χ4n) is 4.84. The van der Waals surface area contributed by atoms with Gasteiger partial charge in [0.05, 0.1) is 36.9 Å². The molecule has 0 unspecified atom stereocenters. The van der Waals surface area contributed by atoms with Crippen LogP contribution in [-0.2, 0) is 32.5 Å². The molecule has 0 saturated heterocycles. The van der Waals surface area contributed by atoms with E-state index in [1.807, 2.05) is 37.3 Å². The molecule has 0 radical (unpaired) electrons. The van der Waals surface area contributed by atoms with Gasteiger partial charge in [0, 0.05) is 30.8 Å². The van der Waals surface area contributed by atoms with E-state index in [0.717, 1.165) is 5.56 Å². The quantitative estimate of drug-likeness (QED) is 0.402. The Labute approximate surface area is 241 Å². The van der Waals surface area contributed by atoms with Crippen LogP contribution in [0.4, 0.5) is 5.69 Å². The summed E-state index contributed by atoms with van der Waals surface area (Å²) in [7, 11) is -2.26. The molecule has 0 saturated carbocycles. The first kappa shape index (κ1) is 30.2. The first-order chi connectivity index (χ1) is 19.6. The van der Waals surface area contributed by atoms with Crippen LogP contribution in [0.3, 0.4) is 0 Å². The van der Waals surface area contributed by atoms with Crippen molar-refractivity contribution in [1.29, 1.82) is 0 Å². The molecule has 41 heavy (non-hydrogen) atoms. The minimum atomic E-state index is -3.78. The highest BCUT2D eigenvalue weighted by molar-refractivity contribution is 7.89. The van der Waals surface area contributed by atoms with E-state index in [2.05, 4.69) is 5.32 Å². The minimum absolute atomic E-state index is 0.000335. The molecule has 2 N–H and O–H groups in total. The highest BCUT2D eigenvalue weighted by Gasteiger charge is 2.33. The lowest BCUT2D eigenvalue weighted by Crippen LogP contribution is -2.48. The molecule has 10 heteroatoms. The predicted molar refractivity (Wildman–Crippen MR) is 157 cm³/mol. The number of fused-ring (bicyclic) bond motifs is 1. The van der Waals surface area contributed by atoms with Crippen molar-refractivity contribution >= 4 is 27.5 Å². The Kier molecular flexibility index (Phi) is 9.80. The third-order valence-corrected chi connectivity index (χ3v) is 9.13. The van der Waals surface area contributed by atoms with E-state index < -0.39 is 22.2 Å². The van der Waals surface area contributed by atoms with Crippen LogP contribution in [-0.4, -0.2) is 73.4 Å². The number of likely N-dealkylation sites (N-methyl/N-ethyl adjacent to an activating group) is 1. The normalized spacial score (nSPS) is 18.5. The number of anilines is 1. The molecule has 1 heterocycles. The zero-order valence-corrected chi connectivity index (χ0v) is 24.4. The Bertz CT molecular complexity index is 1450. The van der Waals surface area contributed by atoms with Crippen molar-refractivity contribution in [1.82, 2.24) is 9.21 Å². The molecular formula is C31H37N3O6S. The van der Waals surface area contributed by atoms with Gasteiger partial charge in [-0.1, -0.05) is 55.5 Å². The topological polar surface area (TPSA) is 116 Å². The highest BCUT2D eigenvalue weighted by Crippen LogP contribution is 2.30. The van der Waals surface area contributed by atoms with E-state index >= 15 is 0 Å². The Morgan fingerprint density at radius 1 is 1.10 bits per heavy atom. The van der Waals surface area contributed by atoms with Gasteiger partial charge in [-0.15, -0.1) is 0 Å². The highest BCUT2D eigenvalue weighted by atomic mass is 32.2. The van der Waals surface area contributed by atoms with Crippen LogP contribution in [0.25, 0.3) is 0 Å². The molecule has 0 aliphatic carbocycles. The van der Waals surface area contributed by atoms with Crippen LogP contribution in [0.1, 0.15) is 25.0 Å². The van der Waals surface area contributed by atoms with Crippen LogP contribution in [0, 0.1) is 5.92 Å². The average molecular weight is 580 g/mol. The molecule has 0 bridgehead atoms. The number of rotatable bonds is 9. The molecule has 2 amide bonds. The zero-order valence-electron chi connectivity index (χ0n) is 23.6. The van der Waals surface area contributed by atoms with Gasteiger partial charge >= 0.3 is 0 Å². The maximum atomic E-state index is 13.4. The number of hydrogen-bond acceptors (Lipinski definition) is 6. The molecule has 9 nitrogen and oxygen atoms in total. The maximum absolute atomic E-state index is 13.4. The van der Waals surface area contributed by atoms with Crippen LogP contribution in [0.2, 0.25) is 0 Å².